The number of nitrogens with one attached hydrogen (secondary N) is 1. The molecule has 0 aromatic carbocycles. The molecule has 1 aliphatic rings. The van der Waals surface area contributed by atoms with Crippen molar-refractivity contribution in [3.8, 4) is 0 Å². The Morgan fingerprint density at radius 3 is 2.59 bits per heavy atom. The number of hydrogen-bond acceptors (Lipinski definition) is 4. The van der Waals surface area contributed by atoms with Gasteiger partial charge < -0.3 is 20.1 Å². The summed E-state index contributed by atoms with van der Waals surface area (Å²) in [5, 5.41) is 12.0. The molecule has 0 aliphatic carbocycles. The Morgan fingerprint density at radius 2 is 2.12 bits per heavy atom. The van der Waals surface area contributed by atoms with Gasteiger partial charge in [-0.3, -0.25) is 4.79 Å². The number of carbonyl (C=O) groups is 1. The smallest absolute Gasteiger partial charge is 0.323 e. The highest BCUT2D eigenvalue weighted by atomic mass is 16.5. The van der Waals surface area contributed by atoms with Gasteiger partial charge in [0, 0.05) is 25.8 Å². The molecule has 5 nitrogen and oxygen atoms in total. The third-order valence-corrected chi connectivity index (χ3v) is 3.80. The molecule has 0 aromatic rings. The summed E-state index contributed by atoms with van der Waals surface area (Å²) >= 11 is 0. The van der Waals surface area contributed by atoms with Crippen LogP contribution in [0.1, 0.15) is 26.2 Å². The first-order chi connectivity index (χ1) is 7.99. The van der Waals surface area contributed by atoms with Crippen molar-refractivity contribution in [1.82, 2.24) is 10.2 Å². The van der Waals surface area contributed by atoms with Crippen molar-refractivity contribution in [2.45, 2.75) is 37.8 Å². The topological polar surface area (TPSA) is 61.8 Å². The summed E-state index contributed by atoms with van der Waals surface area (Å²) < 4.78 is 5.32. The van der Waals surface area contributed by atoms with Gasteiger partial charge in [0.1, 0.15) is 5.54 Å². The molecule has 0 saturated carbocycles. The lowest BCUT2D eigenvalue weighted by Gasteiger charge is -2.33. The Bertz CT molecular complexity index is 254. The number of carboxylic acid groups (broad SMARTS) is 1. The number of carboxylic acids is 1. The highest BCUT2D eigenvalue weighted by Crippen LogP contribution is 2.16. The van der Waals surface area contributed by atoms with Crippen LogP contribution in [0.4, 0.5) is 0 Å². The minimum absolute atomic E-state index is 0.527. The van der Waals surface area contributed by atoms with E-state index in [1.54, 1.807) is 14.0 Å². The second-order valence-electron chi connectivity index (χ2n) is 4.96. The van der Waals surface area contributed by atoms with Crippen molar-refractivity contribution in [1.29, 1.82) is 0 Å². The predicted molar refractivity (Wildman–Crippen MR) is 66.2 cm³/mol. The van der Waals surface area contributed by atoms with E-state index in [0.717, 1.165) is 32.6 Å². The summed E-state index contributed by atoms with van der Waals surface area (Å²) in [6.45, 7) is 4.15. The molecule has 1 atom stereocenters. The van der Waals surface area contributed by atoms with Crippen LogP contribution in [0.2, 0.25) is 0 Å². The highest BCUT2D eigenvalue weighted by molar-refractivity contribution is 5.78. The first-order valence-corrected chi connectivity index (χ1v) is 6.20. The van der Waals surface area contributed by atoms with Crippen LogP contribution >= 0.6 is 0 Å². The lowest BCUT2D eigenvalue weighted by atomic mass is 9.97. The maximum absolute atomic E-state index is 11.1. The lowest BCUT2D eigenvalue weighted by Crippen LogP contribution is -2.50. The maximum Gasteiger partial charge on any atom is 0.323 e. The number of ether oxygens (including phenoxy) is 1. The number of likely N-dealkylation sites (N-methyl/N-ethyl adjacent to an activating group) is 1. The van der Waals surface area contributed by atoms with E-state index in [4.69, 9.17) is 9.84 Å². The Kier molecular flexibility index (Phi) is 5.36. The quantitative estimate of drug-likeness (QED) is 0.714. The SMILES string of the molecule is CNC(C)(CCN(C)C1CCOCC1)C(=O)O. The summed E-state index contributed by atoms with van der Waals surface area (Å²) in [4.78, 5) is 13.4. The van der Waals surface area contributed by atoms with Gasteiger partial charge in [-0.2, -0.15) is 0 Å². The van der Waals surface area contributed by atoms with Crippen molar-refractivity contribution < 1.29 is 14.6 Å². The van der Waals surface area contributed by atoms with Gasteiger partial charge in [-0.1, -0.05) is 0 Å². The molecule has 0 bridgehead atoms. The maximum atomic E-state index is 11.1. The van der Waals surface area contributed by atoms with E-state index in [1.807, 2.05) is 0 Å². The Morgan fingerprint density at radius 1 is 1.53 bits per heavy atom. The van der Waals surface area contributed by atoms with Crippen LogP contribution in [0.15, 0.2) is 0 Å². The first-order valence-electron chi connectivity index (χ1n) is 6.20. The van der Waals surface area contributed by atoms with E-state index in [2.05, 4.69) is 17.3 Å². The largest absolute Gasteiger partial charge is 0.480 e. The van der Waals surface area contributed by atoms with Crippen molar-refractivity contribution in [2.75, 3.05) is 33.9 Å². The predicted octanol–water partition coefficient (Wildman–Crippen LogP) is 0.550. The summed E-state index contributed by atoms with van der Waals surface area (Å²) in [6, 6.07) is 0.527. The fraction of sp³-hybridized carbons (Fsp3) is 0.917. The molecule has 1 rings (SSSR count). The van der Waals surface area contributed by atoms with Crippen LogP contribution in [0, 0.1) is 0 Å². The molecule has 17 heavy (non-hydrogen) atoms. The van der Waals surface area contributed by atoms with Crippen LogP contribution in [-0.2, 0) is 9.53 Å². The molecule has 1 unspecified atom stereocenters. The Balaban J connectivity index is 2.40. The van der Waals surface area contributed by atoms with Crippen molar-refractivity contribution >= 4 is 5.97 Å². The van der Waals surface area contributed by atoms with Crippen molar-refractivity contribution in [3.05, 3.63) is 0 Å². The number of hydrogen-bond donors (Lipinski definition) is 2. The first kappa shape index (κ1) is 14.4. The van der Waals surface area contributed by atoms with Crippen molar-refractivity contribution in [3.63, 3.8) is 0 Å². The molecule has 1 heterocycles. The van der Waals surface area contributed by atoms with Crippen LogP contribution in [0.25, 0.3) is 0 Å². The number of aliphatic carboxylic acids is 1. The zero-order valence-electron chi connectivity index (χ0n) is 11.0. The molecule has 0 amide bonds. The summed E-state index contributed by atoms with van der Waals surface area (Å²) in [7, 11) is 3.76. The van der Waals surface area contributed by atoms with Gasteiger partial charge in [-0.05, 0) is 40.3 Å². The van der Waals surface area contributed by atoms with Crippen LogP contribution in [-0.4, -0.2) is 61.4 Å². The number of nitrogens with zero attached hydrogens (tertiary/aromatic N) is 1. The number of rotatable bonds is 6. The zero-order chi connectivity index (χ0) is 12.9. The fourth-order valence-corrected chi connectivity index (χ4v) is 2.05. The van der Waals surface area contributed by atoms with Gasteiger partial charge in [-0.15, -0.1) is 0 Å². The Labute approximate surface area is 103 Å². The second-order valence-corrected chi connectivity index (χ2v) is 4.96. The van der Waals surface area contributed by atoms with Gasteiger partial charge >= 0.3 is 5.97 Å². The Hall–Kier alpha value is -0.650. The molecule has 1 saturated heterocycles. The molecular weight excluding hydrogens is 220 g/mol. The minimum Gasteiger partial charge on any atom is -0.480 e. The average molecular weight is 244 g/mol. The zero-order valence-corrected chi connectivity index (χ0v) is 11.0. The van der Waals surface area contributed by atoms with Gasteiger partial charge in [0.05, 0.1) is 0 Å². The average Bonchev–Trinajstić information content (AvgIpc) is 2.36. The highest BCUT2D eigenvalue weighted by Gasteiger charge is 2.31. The van der Waals surface area contributed by atoms with Crippen LogP contribution < -0.4 is 5.32 Å². The third kappa shape index (κ3) is 3.94. The summed E-state index contributed by atoms with van der Waals surface area (Å²) in [5.74, 6) is -0.791. The third-order valence-electron chi connectivity index (χ3n) is 3.80. The van der Waals surface area contributed by atoms with Gasteiger partial charge in [0.15, 0.2) is 0 Å². The van der Waals surface area contributed by atoms with E-state index in [-0.39, 0.29) is 0 Å². The second kappa shape index (κ2) is 6.33. The summed E-state index contributed by atoms with van der Waals surface area (Å²) in [6.07, 6.45) is 2.69. The van der Waals surface area contributed by atoms with E-state index in [0.29, 0.717) is 12.5 Å². The fourth-order valence-electron chi connectivity index (χ4n) is 2.05. The molecule has 5 heteroatoms. The van der Waals surface area contributed by atoms with E-state index >= 15 is 0 Å². The molecule has 2 N–H and O–H groups in total. The minimum atomic E-state index is -0.834. The molecular formula is C12H24N2O3. The molecule has 100 valence electrons. The summed E-state index contributed by atoms with van der Waals surface area (Å²) in [5.41, 5.74) is -0.834. The molecule has 0 aromatic heterocycles. The normalized spacial score (nSPS) is 21.4. The van der Waals surface area contributed by atoms with Crippen LogP contribution in [0.5, 0.6) is 0 Å². The molecule has 1 aliphatic heterocycles. The molecule has 0 spiro atoms. The van der Waals surface area contributed by atoms with E-state index in [9.17, 15) is 4.79 Å². The molecule has 0 radical (unpaired) electrons. The van der Waals surface area contributed by atoms with Crippen molar-refractivity contribution in [2.24, 2.45) is 0 Å². The van der Waals surface area contributed by atoms with Crippen LogP contribution in [0.3, 0.4) is 0 Å². The molecule has 1 fully saturated rings. The van der Waals surface area contributed by atoms with E-state index in [1.165, 1.54) is 0 Å². The lowest BCUT2D eigenvalue weighted by molar-refractivity contribution is -0.144. The van der Waals surface area contributed by atoms with Gasteiger partial charge in [0.25, 0.3) is 0 Å². The van der Waals surface area contributed by atoms with Gasteiger partial charge in [-0.25, -0.2) is 0 Å². The van der Waals surface area contributed by atoms with Gasteiger partial charge in [0.2, 0.25) is 0 Å². The monoisotopic (exact) mass is 244 g/mol. The standard InChI is InChI=1S/C12H24N2O3/c1-12(13-2,11(15)16)6-7-14(3)10-4-8-17-9-5-10/h10,13H,4-9H2,1-3H3,(H,15,16). The van der Waals surface area contributed by atoms with E-state index < -0.39 is 11.5 Å².